The van der Waals surface area contributed by atoms with Gasteiger partial charge in [-0.3, -0.25) is 4.79 Å². The van der Waals surface area contributed by atoms with Gasteiger partial charge in [-0.05, 0) is 42.9 Å². The molecule has 1 aliphatic rings. The molecule has 2 heteroatoms. The summed E-state index contributed by atoms with van der Waals surface area (Å²) in [6, 6.07) is 7.95. The molecule has 0 aliphatic heterocycles. The second-order valence-electron chi connectivity index (χ2n) is 4.34. The van der Waals surface area contributed by atoms with Gasteiger partial charge in [-0.25, -0.2) is 0 Å². The van der Waals surface area contributed by atoms with Gasteiger partial charge in [0.2, 0.25) is 0 Å². The minimum absolute atomic E-state index is 0.424. The third-order valence-electron chi connectivity index (χ3n) is 3.00. The molecule has 0 saturated heterocycles. The lowest BCUT2D eigenvalue weighted by Crippen LogP contribution is -2.16. The molecule has 1 aromatic carbocycles. The van der Waals surface area contributed by atoms with Crippen molar-refractivity contribution in [1.29, 1.82) is 0 Å². The standard InChI is InChI=1S/C13H15ClO/c14-12-5-1-3-10(8-12)7-11-4-2-6-13(15)9-11/h1,3,5,8,11H,2,4,6-7,9H2. The fourth-order valence-corrected chi connectivity index (χ4v) is 2.50. The quantitative estimate of drug-likeness (QED) is 0.747. The molecule has 2 rings (SSSR count). The molecule has 0 spiro atoms. The molecule has 80 valence electrons. The van der Waals surface area contributed by atoms with Crippen LogP contribution in [0.5, 0.6) is 0 Å². The average molecular weight is 223 g/mol. The van der Waals surface area contributed by atoms with Crippen LogP contribution in [0.2, 0.25) is 5.02 Å². The second-order valence-corrected chi connectivity index (χ2v) is 4.77. The Balaban J connectivity index is 1.99. The van der Waals surface area contributed by atoms with Gasteiger partial charge in [0.25, 0.3) is 0 Å². The Bertz CT molecular complexity index is 359. The zero-order valence-corrected chi connectivity index (χ0v) is 9.46. The Morgan fingerprint density at radius 1 is 1.40 bits per heavy atom. The van der Waals surface area contributed by atoms with E-state index >= 15 is 0 Å². The van der Waals surface area contributed by atoms with Gasteiger partial charge in [0.05, 0.1) is 0 Å². The molecule has 1 aromatic rings. The van der Waals surface area contributed by atoms with Crippen molar-refractivity contribution in [1.82, 2.24) is 0 Å². The highest BCUT2D eigenvalue weighted by Crippen LogP contribution is 2.25. The van der Waals surface area contributed by atoms with E-state index in [-0.39, 0.29) is 0 Å². The van der Waals surface area contributed by atoms with Crippen molar-refractivity contribution in [3.8, 4) is 0 Å². The first kappa shape index (κ1) is 10.7. The molecular formula is C13H15ClO. The molecule has 0 radical (unpaired) electrons. The van der Waals surface area contributed by atoms with Gasteiger partial charge in [0.15, 0.2) is 0 Å². The van der Waals surface area contributed by atoms with E-state index in [1.807, 2.05) is 18.2 Å². The van der Waals surface area contributed by atoms with E-state index in [1.54, 1.807) is 0 Å². The van der Waals surface area contributed by atoms with Gasteiger partial charge in [-0.15, -0.1) is 0 Å². The summed E-state index contributed by atoms with van der Waals surface area (Å²) in [6.45, 7) is 0. The summed E-state index contributed by atoms with van der Waals surface area (Å²) in [5.41, 5.74) is 1.25. The number of hydrogen-bond acceptors (Lipinski definition) is 1. The van der Waals surface area contributed by atoms with Crippen molar-refractivity contribution >= 4 is 17.4 Å². The predicted molar refractivity (Wildman–Crippen MR) is 62.1 cm³/mol. The highest BCUT2D eigenvalue weighted by atomic mass is 35.5. The summed E-state index contributed by atoms with van der Waals surface area (Å²) in [6.07, 6.45) is 4.77. The third-order valence-corrected chi connectivity index (χ3v) is 3.23. The van der Waals surface area contributed by atoms with Crippen LogP contribution in [0.25, 0.3) is 0 Å². The lowest BCUT2D eigenvalue weighted by Gasteiger charge is -2.20. The summed E-state index contributed by atoms with van der Waals surface area (Å²) >= 11 is 5.92. The van der Waals surface area contributed by atoms with E-state index in [9.17, 15) is 4.79 Å². The summed E-state index contributed by atoms with van der Waals surface area (Å²) < 4.78 is 0. The maximum absolute atomic E-state index is 11.3. The number of hydrogen-bond donors (Lipinski definition) is 0. The molecule has 0 bridgehead atoms. The number of Topliss-reactive ketones (excluding diaryl/α,β-unsaturated/α-hetero) is 1. The average Bonchev–Trinajstić information content (AvgIpc) is 2.17. The lowest BCUT2D eigenvalue weighted by molar-refractivity contribution is -0.121. The van der Waals surface area contributed by atoms with Crippen molar-refractivity contribution < 1.29 is 4.79 Å². The summed E-state index contributed by atoms with van der Waals surface area (Å²) in [4.78, 5) is 11.3. The van der Waals surface area contributed by atoms with Crippen molar-refractivity contribution in [2.45, 2.75) is 32.1 Å². The maximum Gasteiger partial charge on any atom is 0.133 e. The number of carbonyl (C=O) groups excluding carboxylic acids is 1. The fraction of sp³-hybridized carbons (Fsp3) is 0.462. The SMILES string of the molecule is O=C1CCCC(Cc2cccc(Cl)c2)C1. The minimum atomic E-state index is 0.424. The Labute approximate surface area is 95.4 Å². The molecule has 0 N–H and O–H groups in total. The Hall–Kier alpha value is -0.820. The topological polar surface area (TPSA) is 17.1 Å². The Kier molecular flexibility index (Phi) is 3.42. The molecule has 1 atom stereocenters. The van der Waals surface area contributed by atoms with Gasteiger partial charge in [0, 0.05) is 17.9 Å². The van der Waals surface area contributed by atoms with Crippen molar-refractivity contribution in [2.75, 3.05) is 0 Å². The first-order valence-corrected chi connectivity index (χ1v) is 5.88. The van der Waals surface area contributed by atoms with Gasteiger partial charge in [-0.1, -0.05) is 23.7 Å². The molecule has 1 saturated carbocycles. The number of halogens is 1. The van der Waals surface area contributed by atoms with Crippen LogP contribution in [0.15, 0.2) is 24.3 Å². The molecule has 1 aliphatic carbocycles. The normalized spacial score (nSPS) is 21.7. The van der Waals surface area contributed by atoms with E-state index in [1.165, 1.54) is 12.0 Å². The lowest BCUT2D eigenvalue weighted by atomic mass is 9.84. The van der Waals surface area contributed by atoms with E-state index in [0.717, 1.165) is 30.7 Å². The molecule has 0 heterocycles. The third kappa shape index (κ3) is 3.07. The highest BCUT2D eigenvalue weighted by molar-refractivity contribution is 6.30. The zero-order valence-electron chi connectivity index (χ0n) is 8.71. The summed E-state index contributed by atoms with van der Waals surface area (Å²) in [5.74, 6) is 0.956. The van der Waals surface area contributed by atoms with E-state index in [2.05, 4.69) is 6.07 Å². The highest BCUT2D eigenvalue weighted by Gasteiger charge is 2.19. The number of ketones is 1. The Morgan fingerprint density at radius 2 is 2.27 bits per heavy atom. The van der Waals surface area contributed by atoms with E-state index < -0.39 is 0 Å². The number of rotatable bonds is 2. The van der Waals surface area contributed by atoms with Crippen LogP contribution in [0.4, 0.5) is 0 Å². The molecule has 0 aromatic heterocycles. The van der Waals surface area contributed by atoms with Crippen molar-refractivity contribution in [3.63, 3.8) is 0 Å². The van der Waals surface area contributed by atoms with Crippen LogP contribution in [0, 0.1) is 5.92 Å². The number of benzene rings is 1. The van der Waals surface area contributed by atoms with Gasteiger partial charge in [-0.2, -0.15) is 0 Å². The monoisotopic (exact) mass is 222 g/mol. The Morgan fingerprint density at radius 3 is 3.00 bits per heavy atom. The largest absolute Gasteiger partial charge is 0.300 e. The number of carbonyl (C=O) groups is 1. The molecule has 1 unspecified atom stereocenters. The maximum atomic E-state index is 11.3. The summed E-state index contributed by atoms with van der Waals surface area (Å²) in [5, 5.41) is 0.787. The minimum Gasteiger partial charge on any atom is -0.300 e. The molecule has 1 nitrogen and oxygen atoms in total. The van der Waals surface area contributed by atoms with Crippen LogP contribution in [0.3, 0.4) is 0 Å². The van der Waals surface area contributed by atoms with Gasteiger partial charge in [0.1, 0.15) is 5.78 Å². The van der Waals surface area contributed by atoms with Gasteiger partial charge >= 0.3 is 0 Å². The molecule has 1 fully saturated rings. The predicted octanol–water partition coefficient (Wildman–Crippen LogP) is 3.64. The second kappa shape index (κ2) is 4.80. The molecule has 0 amide bonds. The van der Waals surface area contributed by atoms with Crippen molar-refractivity contribution in [3.05, 3.63) is 34.9 Å². The first-order valence-electron chi connectivity index (χ1n) is 5.50. The molecule has 15 heavy (non-hydrogen) atoms. The van der Waals surface area contributed by atoms with Crippen molar-refractivity contribution in [2.24, 2.45) is 5.92 Å². The zero-order chi connectivity index (χ0) is 10.7. The van der Waals surface area contributed by atoms with Crippen LogP contribution >= 0.6 is 11.6 Å². The van der Waals surface area contributed by atoms with E-state index in [0.29, 0.717) is 11.7 Å². The van der Waals surface area contributed by atoms with Gasteiger partial charge < -0.3 is 0 Å². The van der Waals surface area contributed by atoms with E-state index in [4.69, 9.17) is 11.6 Å². The molecular weight excluding hydrogens is 208 g/mol. The summed E-state index contributed by atoms with van der Waals surface area (Å²) in [7, 11) is 0. The van der Waals surface area contributed by atoms with Crippen LogP contribution in [0.1, 0.15) is 31.2 Å². The van der Waals surface area contributed by atoms with Crippen LogP contribution in [-0.4, -0.2) is 5.78 Å². The first-order chi connectivity index (χ1) is 7.24. The van der Waals surface area contributed by atoms with Crippen LogP contribution < -0.4 is 0 Å². The fourth-order valence-electron chi connectivity index (χ4n) is 2.29. The smallest absolute Gasteiger partial charge is 0.133 e. The van der Waals surface area contributed by atoms with Crippen LogP contribution in [-0.2, 0) is 11.2 Å².